The third-order valence-electron chi connectivity index (χ3n) is 1.34. The van der Waals surface area contributed by atoms with E-state index in [0.717, 1.165) is 5.76 Å². The third-order valence-corrected chi connectivity index (χ3v) is 1.34. The highest BCUT2D eigenvalue weighted by atomic mass is 16.3. The topological polar surface area (TPSA) is 97.7 Å². The number of carbonyl (C=O) groups is 2. The number of nitrogens with zero attached hydrogens (tertiary/aromatic N) is 1. The number of carbonyl (C=O) groups excluding carboxylic acids is 2. The zero-order valence-electron chi connectivity index (χ0n) is 7.48. The number of hydrogen-bond donors (Lipinski definition) is 2. The Bertz CT molecular complexity index is 381. The maximum Gasteiger partial charge on any atom is 0.329 e. The standard InChI is InChI=1S/C8H9N3O3/c1-5-2-3-6(14-5)4-10-11-8(13)7(9)12/h2-4H,1H3,(H2,9,12)(H,11,13). The van der Waals surface area contributed by atoms with Crippen LogP contribution in [0.5, 0.6) is 0 Å². The van der Waals surface area contributed by atoms with Crippen molar-refractivity contribution >= 4 is 18.0 Å². The lowest BCUT2D eigenvalue weighted by molar-refractivity contribution is -0.137. The summed E-state index contributed by atoms with van der Waals surface area (Å²) < 4.78 is 5.11. The van der Waals surface area contributed by atoms with Crippen LogP contribution in [0.2, 0.25) is 0 Å². The van der Waals surface area contributed by atoms with Gasteiger partial charge in [-0.2, -0.15) is 5.10 Å². The highest BCUT2D eigenvalue weighted by Crippen LogP contribution is 2.02. The van der Waals surface area contributed by atoms with Gasteiger partial charge in [0.05, 0.1) is 6.21 Å². The highest BCUT2D eigenvalue weighted by molar-refractivity contribution is 6.34. The molecular weight excluding hydrogens is 186 g/mol. The Morgan fingerprint density at radius 2 is 2.29 bits per heavy atom. The molecule has 2 amide bonds. The molecule has 1 rings (SSSR count). The highest BCUT2D eigenvalue weighted by Gasteiger charge is 2.05. The first-order valence-corrected chi connectivity index (χ1v) is 3.79. The van der Waals surface area contributed by atoms with Crippen molar-refractivity contribution in [2.45, 2.75) is 6.92 Å². The van der Waals surface area contributed by atoms with Gasteiger partial charge >= 0.3 is 11.8 Å². The van der Waals surface area contributed by atoms with E-state index >= 15 is 0 Å². The summed E-state index contributed by atoms with van der Waals surface area (Å²) in [6.07, 6.45) is 1.27. The van der Waals surface area contributed by atoms with Gasteiger partial charge in [-0.15, -0.1) is 0 Å². The molecule has 0 atom stereocenters. The molecule has 0 bridgehead atoms. The van der Waals surface area contributed by atoms with Crippen LogP contribution >= 0.6 is 0 Å². The summed E-state index contributed by atoms with van der Waals surface area (Å²) in [6.45, 7) is 1.78. The second kappa shape index (κ2) is 4.22. The van der Waals surface area contributed by atoms with Crippen LogP contribution in [0.15, 0.2) is 21.7 Å². The van der Waals surface area contributed by atoms with Gasteiger partial charge in [0.25, 0.3) is 0 Å². The van der Waals surface area contributed by atoms with Gasteiger partial charge in [0.2, 0.25) is 0 Å². The van der Waals surface area contributed by atoms with Gasteiger partial charge in [-0.25, -0.2) is 5.43 Å². The van der Waals surface area contributed by atoms with Crippen molar-refractivity contribution in [2.75, 3.05) is 0 Å². The number of hydrogen-bond acceptors (Lipinski definition) is 4. The van der Waals surface area contributed by atoms with E-state index in [4.69, 9.17) is 4.42 Å². The second-order valence-electron chi connectivity index (χ2n) is 2.51. The van der Waals surface area contributed by atoms with Crippen molar-refractivity contribution in [2.24, 2.45) is 10.8 Å². The average molecular weight is 195 g/mol. The first-order chi connectivity index (χ1) is 6.59. The van der Waals surface area contributed by atoms with Crippen LogP contribution in [0, 0.1) is 6.92 Å². The summed E-state index contributed by atoms with van der Waals surface area (Å²) in [6, 6.07) is 3.42. The number of amides is 2. The van der Waals surface area contributed by atoms with Crippen LogP contribution in [0.25, 0.3) is 0 Å². The molecule has 0 unspecified atom stereocenters. The number of rotatable bonds is 2. The average Bonchev–Trinajstić information content (AvgIpc) is 2.51. The summed E-state index contributed by atoms with van der Waals surface area (Å²) in [4.78, 5) is 20.9. The minimum Gasteiger partial charge on any atom is -0.460 e. The lowest BCUT2D eigenvalue weighted by atomic mass is 10.4. The Kier molecular flexibility index (Phi) is 3.01. The molecule has 1 aromatic rings. The van der Waals surface area contributed by atoms with Crippen LogP contribution in [0.4, 0.5) is 0 Å². The van der Waals surface area contributed by atoms with Gasteiger partial charge in [-0.3, -0.25) is 9.59 Å². The molecule has 0 aliphatic rings. The monoisotopic (exact) mass is 195 g/mol. The van der Waals surface area contributed by atoms with Crippen LogP contribution in [0.3, 0.4) is 0 Å². The van der Waals surface area contributed by atoms with Gasteiger partial charge in [0.1, 0.15) is 11.5 Å². The SMILES string of the molecule is Cc1ccc(C=NNC(=O)C(N)=O)o1. The molecule has 0 radical (unpaired) electrons. The van der Waals surface area contributed by atoms with Gasteiger partial charge in [0.15, 0.2) is 0 Å². The van der Waals surface area contributed by atoms with E-state index in [2.05, 4.69) is 10.8 Å². The Balaban J connectivity index is 2.49. The molecular formula is C8H9N3O3. The first kappa shape index (κ1) is 9.97. The Hall–Kier alpha value is -2.11. The molecule has 0 aromatic carbocycles. The molecule has 0 fully saturated rings. The smallest absolute Gasteiger partial charge is 0.329 e. The molecule has 0 aliphatic carbocycles. The molecule has 6 nitrogen and oxygen atoms in total. The summed E-state index contributed by atoms with van der Waals surface area (Å²) in [5.74, 6) is -0.845. The number of nitrogens with one attached hydrogen (secondary N) is 1. The normalized spacial score (nSPS) is 10.4. The maximum atomic E-state index is 10.6. The molecule has 14 heavy (non-hydrogen) atoms. The van der Waals surface area contributed by atoms with E-state index in [9.17, 15) is 9.59 Å². The van der Waals surface area contributed by atoms with Crippen LogP contribution in [-0.2, 0) is 9.59 Å². The molecule has 3 N–H and O–H groups in total. The summed E-state index contributed by atoms with van der Waals surface area (Å²) in [5, 5.41) is 3.46. The second-order valence-corrected chi connectivity index (χ2v) is 2.51. The largest absolute Gasteiger partial charge is 0.460 e. The first-order valence-electron chi connectivity index (χ1n) is 3.79. The number of nitrogens with two attached hydrogens (primary N) is 1. The number of hydrazone groups is 1. The fraction of sp³-hybridized carbons (Fsp3) is 0.125. The molecule has 0 spiro atoms. The van der Waals surface area contributed by atoms with E-state index < -0.39 is 11.8 Å². The van der Waals surface area contributed by atoms with E-state index in [0.29, 0.717) is 5.76 Å². The Morgan fingerprint density at radius 1 is 1.57 bits per heavy atom. The Labute approximate surface area is 79.8 Å². The molecule has 6 heteroatoms. The van der Waals surface area contributed by atoms with Gasteiger partial charge < -0.3 is 10.2 Å². The van der Waals surface area contributed by atoms with Crippen LogP contribution in [-0.4, -0.2) is 18.0 Å². The maximum absolute atomic E-state index is 10.6. The molecule has 74 valence electrons. The fourth-order valence-electron chi connectivity index (χ4n) is 0.732. The van der Waals surface area contributed by atoms with Crippen LogP contribution < -0.4 is 11.2 Å². The minimum atomic E-state index is -1.09. The fourth-order valence-corrected chi connectivity index (χ4v) is 0.732. The van der Waals surface area contributed by atoms with Crippen molar-refractivity contribution in [3.05, 3.63) is 23.7 Å². The number of aryl methyl sites for hydroxylation is 1. The predicted molar refractivity (Wildman–Crippen MR) is 48.4 cm³/mol. The van der Waals surface area contributed by atoms with Gasteiger partial charge in [0, 0.05) is 0 Å². The minimum absolute atomic E-state index is 0.479. The van der Waals surface area contributed by atoms with E-state index in [1.165, 1.54) is 6.21 Å². The summed E-state index contributed by atoms with van der Waals surface area (Å²) in [5.41, 5.74) is 6.61. The summed E-state index contributed by atoms with van der Waals surface area (Å²) in [7, 11) is 0. The van der Waals surface area contributed by atoms with Gasteiger partial charge in [-0.05, 0) is 19.1 Å². The number of primary amides is 1. The molecule has 0 saturated carbocycles. The predicted octanol–water partition coefficient (Wildman–Crippen LogP) is -0.477. The Morgan fingerprint density at radius 3 is 2.79 bits per heavy atom. The van der Waals surface area contributed by atoms with Crippen molar-refractivity contribution in [1.82, 2.24) is 5.43 Å². The van der Waals surface area contributed by atoms with Crippen molar-refractivity contribution < 1.29 is 14.0 Å². The van der Waals surface area contributed by atoms with E-state index in [-0.39, 0.29) is 0 Å². The lowest BCUT2D eigenvalue weighted by Gasteiger charge is -1.91. The molecule has 1 heterocycles. The lowest BCUT2D eigenvalue weighted by Crippen LogP contribution is -2.32. The molecule has 0 aliphatic heterocycles. The van der Waals surface area contributed by atoms with Crippen molar-refractivity contribution in [1.29, 1.82) is 0 Å². The van der Waals surface area contributed by atoms with Crippen molar-refractivity contribution in [3.8, 4) is 0 Å². The molecule has 0 saturated heterocycles. The number of furan rings is 1. The van der Waals surface area contributed by atoms with Crippen molar-refractivity contribution in [3.63, 3.8) is 0 Å². The van der Waals surface area contributed by atoms with E-state index in [1.54, 1.807) is 19.1 Å². The van der Waals surface area contributed by atoms with Gasteiger partial charge in [-0.1, -0.05) is 0 Å². The molecule has 1 aromatic heterocycles. The zero-order valence-corrected chi connectivity index (χ0v) is 7.48. The third kappa shape index (κ3) is 2.74. The van der Waals surface area contributed by atoms with Crippen LogP contribution in [0.1, 0.15) is 11.5 Å². The van der Waals surface area contributed by atoms with E-state index in [1.807, 2.05) is 5.43 Å². The zero-order chi connectivity index (χ0) is 10.6. The summed E-state index contributed by atoms with van der Waals surface area (Å²) >= 11 is 0. The quantitative estimate of drug-likeness (QED) is 0.379.